The highest BCUT2D eigenvalue weighted by Crippen LogP contribution is 2.27. The van der Waals surface area contributed by atoms with Gasteiger partial charge in [0.05, 0.1) is 0 Å². The molecular weight excluding hydrogens is 284 g/mol. The normalized spacial score (nSPS) is 22.3. The van der Waals surface area contributed by atoms with Crippen molar-refractivity contribution in [3.8, 4) is 0 Å². The Kier molecular flexibility index (Phi) is 6.94. The van der Waals surface area contributed by atoms with Crippen molar-refractivity contribution in [1.29, 1.82) is 0 Å². The Morgan fingerprint density at radius 2 is 1.61 bits per heavy atom. The Hall–Kier alpha value is -0.570. The standard InChI is InChI=1S/C20H38N2O/c1-20(2,3)19(23)21(4)16-18-11-14-22(15-12-18)13-10-17-8-6-5-7-9-17/h17-18H,5-16H2,1-4H3. The third-order valence-electron chi connectivity index (χ3n) is 5.81. The van der Waals surface area contributed by atoms with Crippen LogP contribution in [0.1, 0.15) is 72.1 Å². The largest absolute Gasteiger partial charge is 0.345 e. The van der Waals surface area contributed by atoms with E-state index in [4.69, 9.17) is 0 Å². The highest BCUT2D eigenvalue weighted by atomic mass is 16.2. The van der Waals surface area contributed by atoms with Gasteiger partial charge in [0.2, 0.25) is 5.91 Å². The van der Waals surface area contributed by atoms with Gasteiger partial charge in [-0.25, -0.2) is 0 Å². The van der Waals surface area contributed by atoms with Crippen LogP contribution in [-0.4, -0.2) is 48.9 Å². The lowest BCUT2D eigenvalue weighted by Gasteiger charge is -2.36. The number of hydrogen-bond donors (Lipinski definition) is 0. The van der Waals surface area contributed by atoms with E-state index in [1.165, 1.54) is 71.0 Å². The van der Waals surface area contributed by atoms with Gasteiger partial charge in [0.15, 0.2) is 0 Å². The first kappa shape index (κ1) is 18.8. The molecule has 0 aromatic heterocycles. The van der Waals surface area contributed by atoms with Crippen LogP contribution in [0.25, 0.3) is 0 Å². The van der Waals surface area contributed by atoms with Crippen molar-refractivity contribution in [3.63, 3.8) is 0 Å². The Morgan fingerprint density at radius 3 is 2.17 bits per heavy atom. The molecule has 1 aliphatic carbocycles. The molecule has 0 atom stereocenters. The first-order valence-electron chi connectivity index (χ1n) is 9.84. The zero-order valence-electron chi connectivity index (χ0n) is 15.9. The van der Waals surface area contributed by atoms with Crippen LogP contribution in [0.5, 0.6) is 0 Å². The molecule has 0 unspecified atom stereocenters. The van der Waals surface area contributed by atoms with Gasteiger partial charge in [-0.15, -0.1) is 0 Å². The maximum atomic E-state index is 12.3. The summed E-state index contributed by atoms with van der Waals surface area (Å²) in [6.45, 7) is 10.7. The van der Waals surface area contributed by atoms with Crippen LogP contribution in [0.4, 0.5) is 0 Å². The van der Waals surface area contributed by atoms with Gasteiger partial charge in [0.1, 0.15) is 0 Å². The molecule has 2 aliphatic rings. The lowest BCUT2D eigenvalue weighted by molar-refractivity contribution is -0.138. The fourth-order valence-corrected chi connectivity index (χ4v) is 4.28. The highest BCUT2D eigenvalue weighted by molar-refractivity contribution is 5.81. The first-order chi connectivity index (χ1) is 10.9. The molecule has 0 N–H and O–H groups in total. The maximum absolute atomic E-state index is 12.3. The Balaban J connectivity index is 1.64. The van der Waals surface area contributed by atoms with Crippen molar-refractivity contribution >= 4 is 5.91 Å². The topological polar surface area (TPSA) is 23.6 Å². The lowest BCUT2D eigenvalue weighted by atomic mass is 9.86. The number of hydrogen-bond acceptors (Lipinski definition) is 2. The van der Waals surface area contributed by atoms with E-state index in [2.05, 4.69) is 4.90 Å². The second-order valence-electron chi connectivity index (χ2n) is 9.01. The van der Waals surface area contributed by atoms with Crippen LogP contribution in [0.15, 0.2) is 0 Å². The molecule has 3 nitrogen and oxygen atoms in total. The van der Waals surface area contributed by atoms with E-state index in [0.717, 1.165) is 12.5 Å². The Bertz CT molecular complexity index is 360. The van der Waals surface area contributed by atoms with Gasteiger partial charge in [-0.05, 0) is 50.7 Å². The maximum Gasteiger partial charge on any atom is 0.227 e. The van der Waals surface area contributed by atoms with Crippen LogP contribution in [0.3, 0.4) is 0 Å². The van der Waals surface area contributed by atoms with Gasteiger partial charge < -0.3 is 9.80 Å². The van der Waals surface area contributed by atoms with E-state index in [-0.39, 0.29) is 11.3 Å². The molecule has 1 aliphatic heterocycles. The minimum Gasteiger partial charge on any atom is -0.345 e. The summed E-state index contributed by atoms with van der Waals surface area (Å²) in [7, 11) is 1.98. The number of amides is 1. The van der Waals surface area contributed by atoms with Crippen LogP contribution in [0, 0.1) is 17.3 Å². The van der Waals surface area contributed by atoms with Crippen molar-refractivity contribution in [2.75, 3.05) is 33.2 Å². The molecule has 0 spiro atoms. The number of likely N-dealkylation sites (tertiary alicyclic amines) is 1. The molecule has 1 heterocycles. The summed E-state index contributed by atoms with van der Waals surface area (Å²) in [6.07, 6.45) is 11.2. The summed E-state index contributed by atoms with van der Waals surface area (Å²) in [5.74, 6) is 1.96. The highest BCUT2D eigenvalue weighted by Gasteiger charge is 2.28. The summed E-state index contributed by atoms with van der Waals surface area (Å²) in [6, 6.07) is 0. The second kappa shape index (κ2) is 8.50. The third-order valence-corrected chi connectivity index (χ3v) is 5.81. The zero-order chi connectivity index (χ0) is 16.9. The van der Waals surface area contributed by atoms with E-state index in [1.54, 1.807) is 0 Å². The molecule has 23 heavy (non-hydrogen) atoms. The van der Waals surface area contributed by atoms with Crippen molar-refractivity contribution < 1.29 is 4.79 Å². The summed E-state index contributed by atoms with van der Waals surface area (Å²) in [5, 5.41) is 0. The molecule has 1 amide bonds. The molecule has 3 heteroatoms. The molecule has 134 valence electrons. The Morgan fingerprint density at radius 1 is 1.00 bits per heavy atom. The average Bonchev–Trinajstić information content (AvgIpc) is 2.53. The molecular formula is C20H38N2O. The molecule has 0 radical (unpaired) electrons. The van der Waals surface area contributed by atoms with Crippen molar-refractivity contribution in [2.45, 2.75) is 72.1 Å². The quantitative estimate of drug-likeness (QED) is 0.758. The van der Waals surface area contributed by atoms with Gasteiger partial charge in [0, 0.05) is 19.0 Å². The fraction of sp³-hybridized carbons (Fsp3) is 0.950. The van der Waals surface area contributed by atoms with Gasteiger partial charge in [-0.1, -0.05) is 52.9 Å². The Labute approximate surface area is 143 Å². The average molecular weight is 323 g/mol. The molecule has 1 saturated heterocycles. The summed E-state index contributed by atoms with van der Waals surface area (Å²) in [5.41, 5.74) is -0.255. The lowest BCUT2D eigenvalue weighted by Crippen LogP contribution is -2.43. The number of carbonyl (C=O) groups is 1. The summed E-state index contributed by atoms with van der Waals surface area (Å²) >= 11 is 0. The van der Waals surface area contributed by atoms with Crippen LogP contribution >= 0.6 is 0 Å². The number of nitrogens with zero attached hydrogens (tertiary/aromatic N) is 2. The van der Waals surface area contributed by atoms with Gasteiger partial charge in [-0.2, -0.15) is 0 Å². The first-order valence-corrected chi connectivity index (χ1v) is 9.84. The van der Waals surface area contributed by atoms with E-state index < -0.39 is 0 Å². The third kappa shape index (κ3) is 6.10. The number of piperidine rings is 1. The molecule has 0 aromatic carbocycles. The fourth-order valence-electron chi connectivity index (χ4n) is 4.28. The van der Waals surface area contributed by atoms with E-state index in [9.17, 15) is 4.79 Å². The number of carbonyl (C=O) groups excluding carboxylic acids is 1. The summed E-state index contributed by atoms with van der Waals surface area (Å²) < 4.78 is 0. The monoisotopic (exact) mass is 322 g/mol. The minimum absolute atomic E-state index is 0.255. The van der Waals surface area contributed by atoms with E-state index >= 15 is 0 Å². The predicted octanol–water partition coefficient (Wildman–Crippen LogP) is 4.17. The summed E-state index contributed by atoms with van der Waals surface area (Å²) in [4.78, 5) is 16.9. The van der Waals surface area contributed by atoms with Gasteiger partial charge >= 0.3 is 0 Å². The van der Waals surface area contributed by atoms with Gasteiger partial charge in [0.25, 0.3) is 0 Å². The van der Waals surface area contributed by atoms with Crippen molar-refractivity contribution in [3.05, 3.63) is 0 Å². The number of rotatable bonds is 5. The molecule has 1 saturated carbocycles. The van der Waals surface area contributed by atoms with Crippen LogP contribution < -0.4 is 0 Å². The minimum atomic E-state index is -0.255. The predicted molar refractivity (Wildman–Crippen MR) is 97.4 cm³/mol. The van der Waals surface area contributed by atoms with E-state index in [0.29, 0.717) is 5.92 Å². The van der Waals surface area contributed by atoms with E-state index in [1.807, 2.05) is 32.7 Å². The SMILES string of the molecule is CN(CC1CCN(CCC2CCCCC2)CC1)C(=O)C(C)(C)C. The van der Waals surface area contributed by atoms with Crippen molar-refractivity contribution in [2.24, 2.45) is 17.3 Å². The van der Waals surface area contributed by atoms with Gasteiger partial charge in [-0.3, -0.25) is 4.79 Å². The zero-order valence-corrected chi connectivity index (χ0v) is 15.9. The molecule has 2 fully saturated rings. The van der Waals surface area contributed by atoms with Crippen molar-refractivity contribution in [1.82, 2.24) is 9.80 Å². The van der Waals surface area contributed by atoms with Crippen LogP contribution in [-0.2, 0) is 4.79 Å². The molecule has 0 bridgehead atoms. The second-order valence-corrected chi connectivity index (χ2v) is 9.01. The van der Waals surface area contributed by atoms with Crippen LogP contribution in [0.2, 0.25) is 0 Å². The molecule has 0 aromatic rings. The smallest absolute Gasteiger partial charge is 0.227 e. The molecule has 2 rings (SSSR count).